The molecule has 166 valence electrons. The molecule has 0 unspecified atom stereocenters. The van der Waals surface area contributed by atoms with Crippen LogP contribution in [0.1, 0.15) is 35.7 Å². The predicted octanol–water partition coefficient (Wildman–Crippen LogP) is 6.62. The first kappa shape index (κ1) is 22.1. The first-order chi connectivity index (χ1) is 16.1. The monoisotopic (exact) mass is 440 g/mol. The summed E-state index contributed by atoms with van der Waals surface area (Å²) in [5, 5.41) is 6.12. The van der Waals surface area contributed by atoms with E-state index in [0.29, 0.717) is 22.6 Å². The summed E-state index contributed by atoms with van der Waals surface area (Å²) in [7, 11) is 0. The van der Waals surface area contributed by atoms with Crippen molar-refractivity contribution >= 4 is 23.1 Å². The summed E-state index contributed by atoms with van der Waals surface area (Å²) >= 11 is 0. The Morgan fingerprint density at radius 1 is 0.909 bits per heavy atom. The van der Waals surface area contributed by atoms with Gasteiger partial charge in [-0.3, -0.25) is 4.79 Å². The van der Waals surface area contributed by atoms with Gasteiger partial charge in [-0.1, -0.05) is 37.6 Å². The van der Waals surface area contributed by atoms with Crippen LogP contribution in [0.3, 0.4) is 0 Å². The summed E-state index contributed by atoms with van der Waals surface area (Å²) in [4.78, 5) is 21.0. The number of hydrogen-bond acceptors (Lipinski definition) is 4. The van der Waals surface area contributed by atoms with E-state index in [1.165, 1.54) is 24.0 Å². The Balaban J connectivity index is 1.39. The number of halogens is 1. The van der Waals surface area contributed by atoms with Crippen molar-refractivity contribution in [2.45, 2.75) is 26.2 Å². The zero-order valence-electron chi connectivity index (χ0n) is 18.4. The fourth-order valence-corrected chi connectivity index (χ4v) is 3.42. The molecular weight excluding hydrogens is 415 g/mol. The van der Waals surface area contributed by atoms with Crippen molar-refractivity contribution in [3.8, 4) is 11.3 Å². The number of amides is 1. The zero-order valence-corrected chi connectivity index (χ0v) is 18.4. The van der Waals surface area contributed by atoms with Crippen molar-refractivity contribution in [1.29, 1.82) is 0 Å². The summed E-state index contributed by atoms with van der Waals surface area (Å²) < 4.78 is 13.5. The van der Waals surface area contributed by atoms with Crippen LogP contribution < -0.4 is 10.6 Å². The maximum atomic E-state index is 13.5. The van der Waals surface area contributed by atoms with E-state index in [0.717, 1.165) is 30.6 Å². The summed E-state index contributed by atoms with van der Waals surface area (Å²) in [5.41, 5.74) is 4.66. The lowest BCUT2D eigenvalue weighted by Gasteiger charge is -2.09. The minimum Gasteiger partial charge on any atom is -0.340 e. The highest BCUT2D eigenvalue weighted by Crippen LogP contribution is 2.22. The number of anilines is 3. The largest absolute Gasteiger partial charge is 0.340 e. The zero-order chi connectivity index (χ0) is 23.0. The number of carbonyl (C=O) groups excluding carboxylic acids is 1. The van der Waals surface area contributed by atoms with E-state index < -0.39 is 0 Å². The molecule has 0 saturated heterocycles. The number of aromatic nitrogens is 2. The first-order valence-corrected chi connectivity index (χ1v) is 11.0. The van der Waals surface area contributed by atoms with E-state index in [1.807, 2.05) is 24.3 Å². The number of benzene rings is 3. The smallest absolute Gasteiger partial charge is 0.255 e. The first-order valence-electron chi connectivity index (χ1n) is 11.0. The molecule has 0 aliphatic carbocycles. The number of nitrogens with zero attached hydrogens (tertiary/aromatic N) is 2. The lowest BCUT2D eigenvalue weighted by atomic mass is 10.1. The Labute approximate surface area is 192 Å². The Morgan fingerprint density at radius 2 is 1.67 bits per heavy atom. The van der Waals surface area contributed by atoms with Crippen molar-refractivity contribution in [1.82, 2.24) is 9.97 Å². The maximum Gasteiger partial charge on any atom is 0.255 e. The Morgan fingerprint density at radius 3 is 2.39 bits per heavy atom. The molecule has 2 N–H and O–H groups in total. The van der Waals surface area contributed by atoms with E-state index in [2.05, 4.69) is 39.7 Å². The maximum absolute atomic E-state index is 13.5. The van der Waals surface area contributed by atoms with E-state index in [4.69, 9.17) is 0 Å². The Hall–Kier alpha value is -4.06. The van der Waals surface area contributed by atoms with Crippen molar-refractivity contribution in [3.05, 3.63) is 102 Å². The van der Waals surface area contributed by atoms with Gasteiger partial charge in [-0.2, -0.15) is 0 Å². The molecule has 0 fully saturated rings. The fourth-order valence-electron chi connectivity index (χ4n) is 3.42. The molecular formula is C27H25FN4O. The van der Waals surface area contributed by atoms with Crippen molar-refractivity contribution in [2.24, 2.45) is 0 Å². The molecule has 6 heteroatoms. The molecule has 0 bridgehead atoms. The Bertz CT molecular complexity index is 1220. The molecule has 0 saturated carbocycles. The topological polar surface area (TPSA) is 66.9 Å². The van der Waals surface area contributed by atoms with Gasteiger partial charge in [-0.25, -0.2) is 14.4 Å². The van der Waals surface area contributed by atoms with Crippen LogP contribution in [0, 0.1) is 5.82 Å². The van der Waals surface area contributed by atoms with Crippen LogP contribution in [-0.2, 0) is 6.42 Å². The molecule has 4 rings (SSSR count). The fraction of sp³-hybridized carbons (Fsp3) is 0.148. The third kappa shape index (κ3) is 6.01. The van der Waals surface area contributed by atoms with E-state index in [9.17, 15) is 9.18 Å². The molecule has 1 heterocycles. The average Bonchev–Trinajstić information content (AvgIpc) is 2.84. The summed E-state index contributed by atoms with van der Waals surface area (Å²) in [6, 6.07) is 23.1. The van der Waals surface area contributed by atoms with Crippen LogP contribution in [0.4, 0.5) is 21.6 Å². The second-order valence-electron chi connectivity index (χ2n) is 7.76. The highest BCUT2D eigenvalue weighted by Gasteiger charge is 2.08. The quantitative estimate of drug-likeness (QED) is 0.323. The van der Waals surface area contributed by atoms with Gasteiger partial charge in [-0.15, -0.1) is 0 Å². The molecule has 0 aliphatic heterocycles. The average molecular weight is 441 g/mol. The molecule has 0 radical (unpaired) electrons. The normalized spacial score (nSPS) is 10.6. The molecule has 3 aromatic carbocycles. The lowest BCUT2D eigenvalue weighted by molar-refractivity contribution is 0.102. The number of rotatable bonds is 8. The van der Waals surface area contributed by atoms with Gasteiger partial charge in [-0.05, 0) is 66.9 Å². The highest BCUT2D eigenvalue weighted by molar-refractivity contribution is 6.04. The molecule has 1 amide bonds. The molecule has 4 aromatic rings. The SMILES string of the molecule is CCCCc1ccc(NC(=O)c2ccc(Nc3cc(-c4cccc(F)c4)ncn3)cc2)cc1. The second-order valence-corrected chi connectivity index (χ2v) is 7.76. The van der Waals surface area contributed by atoms with Crippen LogP contribution in [0.5, 0.6) is 0 Å². The molecule has 5 nitrogen and oxygen atoms in total. The van der Waals surface area contributed by atoms with Crippen molar-refractivity contribution in [3.63, 3.8) is 0 Å². The molecule has 33 heavy (non-hydrogen) atoms. The molecule has 0 atom stereocenters. The van der Waals surface area contributed by atoms with Gasteiger partial charge in [0.05, 0.1) is 5.69 Å². The predicted molar refractivity (Wildman–Crippen MR) is 130 cm³/mol. The summed E-state index contributed by atoms with van der Waals surface area (Å²) in [6.07, 6.45) is 4.80. The lowest BCUT2D eigenvalue weighted by Crippen LogP contribution is -2.11. The van der Waals surface area contributed by atoms with E-state index in [1.54, 1.807) is 30.3 Å². The molecule has 0 spiro atoms. The van der Waals surface area contributed by atoms with Crippen molar-refractivity contribution in [2.75, 3.05) is 10.6 Å². The number of hydrogen-bond donors (Lipinski definition) is 2. The van der Waals surface area contributed by atoms with E-state index in [-0.39, 0.29) is 11.7 Å². The van der Waals surface area contributed by atoms with Gasteiger partial charge < -0.3 is 10.6 Å². The van der Waals surface area contributed by atoms with Crippen molar-refractivity contribution < 1.29 is 9.18 Å². The van der Waals surface area contributed by atoms with Gasteiger partial charge >= 0.3 is 0 Å². The van der Waals surface area contributed by atoms with Gasteiger partial charge in [0.2, 0.25) is 0 Å². The van der Waals surface area contributed by atoms with Crippen LogP contribution in [0.2, 0.25) is 0 Å². The van der Waals surface area contributed by atoms with Gasteiger partial charge in [0.25, 0.3) is 5.91 Å². The number of aryl methyl sites for hydroxylation is 1. The van der Waals surface area contributed by atoms with Crippen LogP contribution in [-0.4, -0.2) is 15.9 Å². The third-order valence-corrected chi connectivity index (χ3v) is 5.24. The van der Waals surface area contributed by atoms with E-state index >= 15 is 0 Å². The molecule has 0 aliphatic rings. The van der Waals surface area contributed by atoms with Crippen LogP contribution in [0.25, 0.3) is 11.3 Å². The highest BCUT2D eigenvalue weighted by atomic mass is 19.1. The van der Waals surface area contributed by atoms with Gasteiger partial charge in [0.15, 0.2) is 0 Å². The van der Waals surface area contributed by atoms with Crippen LogP contribution >= 0.6 is 0 Å². The second kappa shape index (κ2) is 10.5. The minimum atomic E-state index is -0.318. The van der Waals surface area contributed by atoms with Crippen LogP contribution in [0.15, 0.2) is 85.2 Å². The Kier molecular flexibility index (Phi) is 7.05. The number of carbonyl (C=O) groups is 1. The van der Waals surface area contributed by atoms with Gasteiger partial charge in [0, 0.05) is 28.6 Å². The molecule has 1 aromatic heterocycles. The minimum absolute atomic E-state index is 0.168. The summed E-state index contributed by atoms with van der Waals surface area (Å²) in [5.74, 6) is 0.0878. The third-order valence-electron chi connectivity index (χ3n) is 5.24. The standard InChI is InChI=1S/C27H25FN4O/c1-2-3-5-19-8-12-24(13-9-19)32-27(33)20-10-14-23(15-11-20)31-26-17-25(29-18-30-26)21-6-4-7-22(28)16-21/h4,6-18H,2-3,5H2,1H3,(H,32,33)(H,29,30,31). The summed E-state index contributed by atoms with van der Waals surface area (Å²) in [6.45, 7) is 2.17. The van der Waals surface area contributed by atoms with Gasteiger partial charge in [0.1, 0.15) is 18.0 Å². The number of nitrogens with one attached hydrogen (secondary N) is 2. The number of unbranched alkanes of at least 4 members (excludes halogenated alkanes) is 1.